The summed E-state index contributed by atoms with van der Waals surface area (Å²) < 4.78 is 55.5. The van der Waals surface area contributed by atoms with Crippen LogP contribution in [0.15, 0.2) is 43.5 Å². The summed E-state index contributed by atoms with van der Waals surface area (Å²) >= 11 is 0. The lowest BCUT2D eigenvalue weighted by molar-refractivity contribution is -0.148. The number of H-pyrrole nitrogens is 1. The molecule has 0 spiro atoms. The zero-order valence-corrected chi connectivity index (χ0v) is 19.8. The summed E-state index contributed by atoms with van der Waals surface area (Å²) in [6, 6.07) is 1.93. The number of anilines is 1. The summed E-state index contributed by atoms with van der Waals surface area (Å²) in [4.78, 5) is 12.0. The van der Waals surface area contributed by atoms with Crippen LogP contribution in [0.4, 0.5) is 23.5 Å². The molecule has 0 bridgehead atoms. The molecule has 4 aromatic rings. The molecule has 1 saturated carbocycles. The summed E-state index contributed by atoms with van der Waals surface area (Å²) in [5.74, 6) is 0.355. The van der Waals surface area contributed by atoms with Crippen LogP contribution < -0.4 is 10.6 Å². The third kappa shape index (κ3) is 4.74. The fourth-order valence-electron chi connectivity index (χ4n) is 4.63. The number of aromatic nitrogens is 5. The number of pyridine rings is 1. The molecule has 4 aromatic heterocycles. The van der Waals surface area contributed by atoms with Gasteiger partial charge < -0.3 is 15.6 Å². The molecule has 4 heterocycles. The molecule has 0 saturated heterocycles. The smallest absolute Gasteiger partial charge is 0.374 e. The zero-order chi connectivity index (χ0) is 25.5. The molecule has 0 amide bonds. The Hall–Kier alpha value is -3.63. The first-order chi connectivity index (χ1) is 17.1. The molecule has 11 heteroatoms. The van der Waals surface area contributed by atoms with Gasteiger partial charge in [-0.15, -0.1) is 0 Å². The molecule has 36 heavy (non-hydrogen) atoms. The molecule has 1 unspecified atom stereocenters. The highest BCUT2D eigenvalue weighted by Gasteiger charge is 2.36. The Morgan fingerprint density at radius 2 is 2.03 bits per heavy atom. The second-order valence-electron chi connectivity index (χ2n) is 9.41. The predicted octanol–water partition coefficient (Wildman–Crippen LogP) is 5.87. The number of nitrogens with one attached hydrogen (secondary N) is 3. The van der Waals surface area contributed by atoms with Gasteiger partial charge in [0.05, 0.1) is 18.3 Å². The first-order valence-electron chi connectivity index (χ1n) is 11.9. The van der Waals surface area contributed by atoms with Crippen LogP contribution in [0.1, 0.15) is 44.6 Å². The molecule has 0 radical (unpaired) electrons. The molecule has 1 atom stereocenters. The van der Waals surface area contributed by atoms with Crippen molar-refractivity contribution < 1.29 is 17.6 Å². The lowest BCUT2D eigenvalue weighted by atomic mass is 9.86. The van der Waals surface area contributed by atoms with E-state index in [-0.39, 0.29) is 12.2 Å². The minimum atomic E-state index is -4.39. The first-order valence-corrected chi connectivity index (χ1v) is 11.9. The number of aromatic amines is 1. The van der Waals surface area contributed by atoms with E-state index >= 15 is 0 Å². The van der Waals surface area contributed by atoms with E-state index in [1.54, 1.807) is 23.1 Å². The van der Waals surface area contributed by atoms with Crippen LogP contribution in [0.5, 0.6) is 0 Å². The summed E-state index contributed by atoms with van der Waals surface area (Å²) in [6.07, 6.45) is 6.25. The maximum absolute atomic E-state index is 14.9. The molecule has 5 rings (SSSR count). The van der Waals surface area contributed by atoms with Gasteiger partial charge in [-0.25, -0.2) is 13.9 Å². The van der Waals surface area contributed by atoms with E-state index in [9.17, 15) is 17.6 Å². The Morgan fingerprint density at radius 1 is 1.25 bits per heavy atom. The van der Waals surface area contributed by atoms with E-state index in [1.165, 1.54) is 6.20 Å². The zero-order valence-electron chi connectivity index (χ0n) is 19.8. The van der Waals surface area contributed by atoms with Crippen molar-refractivity contribution in [3.8, 4) is 11.1 Å². The SMILES string of the molecule is C=C(NC(C)C(F)(F)F)c1cnn2ccc(-c3c[nH]c4nc(NCC5(F)CCCCC5)ncc34)cc12. The predicted molar refractivity (Wildman–Crippen MR) is 131 cm³/mol. The number of fused-ring (bicyclic) bond motifs is 2. The summed E-state index contributed by atoms with van der Waals surface area (Å²) in [6.45, 7) is 5.00. The number of nitrogens with zero attached hydrogens (tertiary/aromatic N) is 4. The lowest BCUT2D eigenvalue weighted by Gasteiger charge is -2.29. The van der Waals surface area contributed by atoms with Gasteiger partial charge in [-0.2, -0.15) is 23.3 Å². The maximum atomic E-state index is 14.9. The standard InChI is InChI=1S/C25H27F4N7/c1-15(34-16(2)25(27,28)29)18-13-33-36-9-6-17(10-21(18)36)19-11-30-22-20(19)12-31-23(35-22)32-14-24(26)7-4-3-5-8-24/h6,9-13,16,34H,1,3-5,7-8,14H2,2H3,(H2,30,31,32,35). The second kappa shape index (κ2) is 9.11. The van der Waals surface area contributed by atoms with Gasteiger partial charge in [-0.3, -0.25) is 0 Å². The van der Waals surface area contributed by atoms with Gasteiger partial charge in [-0.05, 0) is 37.5 Å². The molecular weight excluding hydrogens is 474 g/mol. The van der Waals surface area contributed by atoms with Gasteiger partial charge in [0.25, 0.3) is 0 Å². The third-order valence-corrected chi connectivity index (χ3v) is 6.78. The molecule has 1 aliphatic carbocycles. The quantitative estimate of drug-likeness (QED) is 0.276. The normalized spacial score (nSPS) is 16.8. The Bertz CT molecular complexity index is 1400. The number of rotatable bonds is 7. The minimum Gasteiger partial charge on any atom is -0.374 e. The lowest BCUT2D eigenvalue weighted by Crippen LogP contribution is -2.38. The summed E-state index contributed by atoms with van der Waals surface area (Å²) in [7, 11) is 0. The van der Waals surface area contributed by atoms with Crippen molar-refractivity contribution in [2.45, 2.75) is 56.9 Å². The van der Waals surface area contributed by atoms with Crippen LogP contribution in [0.25, 0.3) is 33.4 Å². The number of halogens is 4. The monoisotopic (exact) mass is 501 g/mol. The minimum absolute atomic E-state index is 0.133. The highest BCUT2D eigenvalue weighted by molar-refractivity contribution is 5.94. The molecule has 190 valence electrons. The Balaban J connectivity index is 1.39. The van der Waals surface area contributed by atoms with E-state index in [4.69, 9.17) is 0 Å². The van der Waals surface area contributed by atoms with Crippen LogP contribution in [-0.4, -0.2) is 49.0 Å². The van der Waals surface area contributed by atoms with Gasteiger partial charge in [0.1, 0.15) is 17.4 Å². The third-order valence-electron chi connectivity index (χ3n) is 6.78. The van der Waals surface area contributed by atoms with E-state index in [0.29, 0.717) is 35.5 Å². The van der Waals surface area contributed by atoms with E-state index in [1.807, 2.05) is 12.1 Å². The second-order valence-corrected chi connectivity index (χ2v) is 9.41. The van der Waals surface area contributed by atoms with Gasteiger partial charge in [0, 0.05) is 40.8 Å². The largest absolute Gasteiger partial charge is 0.408 e. The average molecular weight is 502 g/mol. The highest BCUT2D eigenvalue weighted by atomic mass is 19.4. The van der Waals surface area contributed by atoms with Crippen molar-refractivity contribution in [3.05, 3.63) is 49.1 Å². The Morgan fingerprint density at radius 3 is 2.78 bits per heavy atom. The van der Waals surface area contributed by atoms with Gasteiger partial charge in [0.2, 0.25) is 5.95 Å². The van der Waals surface area contributed by atoms with Crippen LogP contribution in [-0.2, 0) is 0 Å². The van der Waals surface area contributed by atoms with Crippen LogP contribution in [0.2, 0.25) is 0 Å². The fraction of sp³-hybridized carbons (Fsp3) is 0.400. The first kappa shape index (κ1) is 24.1. The van der Waals surface area contributed by atoms with E-state index < -0.39 is 17.9 Å². The number of hydrogen-bond acceptors (Lipinski definition) is 5. The van der Waals surface area contributed by atoms with Gasteiger partial charge in [-0.1, -0.05) is 25.8 Å². The molecule has 1 aliphatic rings. The topological polar surface area (TPSA) is 82.9 Å². The Kier molecular flexibility index (Phi) is 6.09. The summed E-state index contributed by atoms with van der Waals surface area (Å²) in [5.41, 5.74) is 2.20. The Labute approximate surface area is 205 Å². The van der Waals surface area contributed by atoms with Crippen molar-refractivity contribution in [2.24, 2.45) is 0 Å². The maximum Gasteiger partial charge on any atom is 0.408 e. The van der Waals surface area contributed by atoms with Gasteiger partial charge >= 0.3 is 6.18 Å². The fourth-order valence-corrected chi connectivity index (χ4v) is 4.63. The van der Waals surface area contributed by atoms with Crippen molar-refractivity contribution in [1.29, 1.82) is 0 Å². The van der Waals surface area contributed by atoms with Crippen molar-refractivity contribution >= 4 is 28.2 Å². The average Bonchev–Trinajstić information content (AvgIpc) is 3.46. The van der Waals surface area contributed by atoms with Crippen LogP contribution in [0.3, 0.4) is 0 Å². The molecule has 7 nitrogen and oxygen atoms in total. The molecule has 0 aliphatic heterocycles. The van der Waals surface area contributed by atoms with Crippen LogP contribution in [0, 0.1) is 0 Å². The molecular formula is C25H27F4N7. The van der Waals surface area contributed by atoms with Crippen molar-refractivity contribution in [3.63, 3.8) is 0 Å². The van der Waals surface area contributed by atoms with Crippen molar-refractivity contribution in [1.82, 2.24) is 29.9 Å². The number of hydrogen-bond donors (Lipinski definition) is 3. The number of alkyl halides is 4. The van der Waals surface area contributed by atoms with Gasteiger partial charge in [0.15, 0.2) is 0 Å². The highest BCUT2D eigenvalue weighted by Crippen LogP contribution is 2.33. The molecule has 3 N–H and O–H groups in total. The van der Waals surface area contributed by atoms with E-state index in [0.717, 1.165) is 42.7 Å². The van der Waals surface area contributed by atoms with E-state index in [2.05, 4.69) is 37.3 Å². The van der Waals surface area contributed by atoms with Crippen LogP contribution >= 0.6 is 0 Å². The molecule has 0 aromatic carbocycles. The summed E-state index contributed by atoms with van der Waals surface area (Å²) in [5, 5.41) is 10.4. The van der Waals surface area contributed by atoms with Crippen molar-refractivity contribution in [2.75, 3.05) is 11.9 Å². The molecule has 1 fully saturated rings.